The van der Waals surface area contributed by atoms with Gasteiger partial charge in [0.25, 0.3) is 0 Å². The predicted molar refractivity (Wildman–Crippen MR) is 49.7 cm³/mol. The molecule has 7 heteroatoms. The molecule has 5 nitrogen and oxygen atoms in total. The van der Waals surface area contributed by atoms with Gasteiger partial charge in [-0.05, 0) is 23.0 Å². The summed E-state index contributed by atoms with van der Waals surface area (Å²) in [6, 6.07) is 0. The molecule has 1 aliphatic heterocycles. The Hall–Kier alpha value is -0.760. The van der Waals surface area contributed by atoms with Gasteiger partial charge in [0.2, 0.25) is 0 Å². The number of hydroxylamine groups is 1. The van der Waals surface area contributed by atoms with Gasteiger partial charge in [0, 0.05) is 0 Å². The lowest BCUT2D eigenvalue weighted by Gasteiger charge is -2.01. The van der Waals surface area contributed by atoms with E-state index in [1.54, 1.807) is 29.0 Å². The molecule has 0 spiro atoms. The van der Waals surface area contributed by atoms with E-state index in [4.69, 9.17) is 4.55 Å². The molecule has 0 saturated heterocycles. The van der Waals surface area contributed by atoms with Crippen LogP contribution in [0.3, 0.4) is 0 Å². The fraction of sp³-hybridized carbons (Fsp3) is 0. The van der Waals surface area contributed by atoms with Gasteiger partial charge in [0.15, 0.2) is 0 Å². The molecule has 0 amide bonds. The van der Waals surface area contributed by atoms with Crippen molar-refractivity contribution >= 4 is 22.2 Å². The highest BCUT2D eigenvalue weighted by molar-refractivity contribution is 8.04. The van der Waals surface area contributed by atoms with Crippen LogP contribution in [0.15, 0.2) is 34.7 Å². The molecule has 0 aromatic rings. The van der Waals surface area contributed by atoms with Crippen molar-refractivity contribution in [1.29, 1.82) is 0 Å². The fourth-order valence-electron chi connectivity index (χ4n) is 0.571. The Morgan fingerprint density at radius 1 is 1.46 bits per heavy atom. The Labute approximate surface area is 80.1 Å². The molecule has 0 saturated carbocycles. The number of nitrogens with one attached hydrogen (secondary N) is 1. The summed E-state index contributed by atoms with van der Waals surface area (Å²) < 4.78 is 32.5. The Bertz CT molecular complexity index is 355. The van der Waals surface area contributed by atoms with Gasteiger partial charge in [-0.1, -0.05) is 6.08 Å². The number of allylic oxidation sites excluding steroid dienone is 3. The molecule has 1 heterocycles. The second-order valence-electron chi connectivity index (χ2n) is 2.00. The number of thioether (sulfide) groups is 1. The first kappa shape index (κ1) is 10.3. The molecule has 0 aromatic carbocycles. The first-order valence-corrected chi connectivity index (χ1v) is 5.49. The van der Waals surface area contributed by atoms with Crippen LogP contribution < -0.4 is 5.48 Å². The molecular formula is C6H7NO4S2. The van der Waals surface area contributed by atoms with E-state index in [9.17, 15) is 8.42 Å². The van der Waals surface area contributed by atoms with Gasteiger partial charge in [-0.15, -0.1) is 16.0 Å². The van der Waals surface area contributed by atoms with Crippen LogP contribution in [0.2, 0.25) is 0 Å². The first-order valence-electron chi connectivity index (χ1n) is 3.19. The lowest BCUT2D eigenvalue weighted by Crippen LogP contribution is -2.17. The van der Waals surface area contributed by atoms with Crippen molar-refractivity contribution < 1.29 is 17.3 Å². The van der Waals surface area contributed by atoms with E-state index in [2.05, 4.69) is 9.76 Å². The molecule has 0 radical (unpaired) electrons. The molecule has 1 aliphatic rings. The van der Waals surface area contributed by atoms with Gasteiger partial charge in [0.05, 0.1) is 5.70 Å². The van der Waals surface area contributed by atoms with Crippen molar-refractivity contribution in [2.24, 2.45) is 0 Å². The third kappa shape index (κ3) is 4.73. The first-order chi connectivity index (χ1) is 6.08. The Morgan fingerprint density at radius 2 is 2.23 bits per heavy atom. The minimum absolute atomic E-state index is 0.430. The van der Waals surface area contributed by atoms with E-state index in [-0.39, 0.29) is 0 Å². The van der Waals surface area contributed by atoms with Crippen LogP contribution in [-0.2, 0) is 14.7 Å². The van der Waals surface area contributed by atoms with Crippen LogP contribution in [0.5, 0.6) is 0 Å². The standard InChI is InChI=1S/C6H7NO4S2/c8-13(9,10)11-7-6-2-1-4-12-5-3-6/h1-5,7H,(H,8,9,10). The van der Waals surface area contributed by atoms with E-state index in [0.29, 0.717) is 5.70 Å². The Kier molecular flexibility index (Phi) is 3.55. The van der Waals surface area contributed by atoms with Crippen molar-refractivity contribution in [2.45, 2.75) is 0 Å². The van der Waals surface area contributed by atoms with Gasteiger partial charge < -0.3 is 0 Å². The van der Waals surface area contributed by atoms with Gasteiger partial charge in [-0.3, -0.25) is 4.55 Å². The highest BCUT2D eigenvalue weighted by Gasteiger charge is 2.04. The maximum atomic E-state index is 10.2. The Morgan fingerprint density at radius 3 is 2.92 bits per heavy atom. The van der Waals surface area contributed by atoms with Crippen molar-refractivity contribution in [3.05, 3.63) is 34.7 Å². The normalized spacial score (nSPS) is 16.5. The molecule has 2 N–H and O–H groups in total. The summed E-state index contributed by atoms with van der Waals surface area (Å²) in [6.07, 6.45) is 4.91. The summed E-state index contributed by atoms with van der Waals surface area (Å²) in [5.41, 5.74) is 2.50. The minimum atomic E-state index is -4.45. The molecule has 0 fully saturated rings. The smallest absolute Gasteiger partial charge is 0.262 e. The van der Waals surface area contributed by atoms with Gasteiger partial charge in [-0.2, -0.15) is 8.42 Å². The number of rotatable bonds is 3. The lowest BCUT2D eigenvalue weighted by molar-refractivity contribution is 0.205. The number of hydrogen-bond donors (Lipinski definition) is 2. The van der Waals surface area contributed by atoms with Crippen molar-refractivity contribution in [2.75, 3.05) is 0 Å². The lowest BCUT2D eigenvalue weighted by atomic mass is 10.4. The second kappa shape index (κ2) is 4.47. The predicted octanol–water partition coefficient (Wildman–Crippen LogP) is 0.969. The molecule has 0 bridgehead atoms. The van der Waals surface area contributed by atoms with Crippen LogP contribution in [-0.4, -0.2) is 13.0 Å². The van der Waals surface area contributed by atoms with Crippen molar-refractivity contribution in [3.8, 4) is 0 Å². The largest absolute Gasteiger partial charge is 0.418 e. The zero-order valence-electron chi connectivity index (χ0n) is 6.38. The third-order valence-corrected chi connectivity index (χ3v) is 1.93. The summed E-state index contributed by atoms with van der Waals surface area (Å²) >= 11 is 1.43. The van der Waals surface area contributed by atoms with Gasteiger partial charge >= 0.3 is 10.4 Å². The van der Waals surface area contributed by atoms with E-state index in [0.717, 1.165) is 0 Å². The fourth-order valence-corrected chi connectivity index (χ4v) is 1.26. The molecule has 0 aliphatic carbocycles. The van der Waals surface area contributed by atoms with E-state index >= 15 is 0 Å². The zero-order chi connectivity index (χ0) is 9.73. The molecular weight excluding hydrogens is 214 g/mol. The van der Waals surface area contributed by atoms with Crippen molar-refractivity contribution in [1.82, 2.24) is 5.48 Å². The summed E-state index contributed by atoms with van der Waals surface area (Å²) in [5, 5.41) is 3.54. The summed E-state index contributed by atoms with van der Waals surface area (Å²) in [5.74, 6) is 0. The van der Waals surface area contributed by atoms with E-state index < -0.39 is 10.4 Å². The maximum absolute atomic E-state index is 10.2. The minimum Gasteiger partial charge on any atom is -0.262 e. The van der Waals surface area contributed by atoms with Gasteiger partial charge in [0.1, 0.15) is 0 Å². The van der Waals surface area contributed by atoms with Crippen LogP contribution in [0.25, 0.3) is 0 Å². The van der Waals surface area contributed by atoms with E-state index in [1.807, 2.05) is 0 Å². The highest BCUT2D eigenvalue weighted by atomic mass is 32.3. The second-order valence-corrected chi connectivity index (χ2v) is 3.84. The van der Waals surface area contributed by atoms with Crippen LogP contribution in [0, 0.1) is 0 Å². The van der Waals surface area contributed by atoms with Crippen LogP contribution in [0.4, 0.5) is 0 Å². The molecule has 72 valence electrons. The molecule has 1 rings (SSSR count). The highest BCUT2D eigenvalue weighted by Crippen LogP contribution is 2.10. The summed E-state index contributed by atoms with van der Waals surface area (Å²) in [4.78, 5) is 0. The number of hydrogen-bond acceptors (Lipinski definition) is 5. The average Bonchev–Trinajstić information content (AvgIpc) is 2.26. The quantitative estimate of drug-likeness (QED) is 0.546. The molecule has 0 aromatic heterocycles. The average molecular weight is 221 g/mol. The molecule has 0 unspecified atom stereocenters. The van der Waals surface area contributed by atoms with Gasteiger partial charge in [-0.25, -0.2) is 5.48 Å². The zero-order valence-corrected chi connectivity index (χ0v) is 8.01. The topological polar surface area (TPSA) is 75.6 Å². The monoisotopic (exact) mass is 221 g/mol. The Balaban J connectivity index is 2.54. The van der Waals surface area contributed by atoms with Crippen molar-refractivity contribution in [3.63, 3.8) is 0 Å². The third-order valence-electron chi connectivity index (χ3n) is 1.02. The molecule has 13 heavy (non-hydrogen) atoms. The van der Waals surface area contributed by atoms with Crippen LogP contribution >= 0.6 is 11.8 Å². The SMILES string of the molecule is O=S(=O)(O)ONC1=CC=CSC=C1. The maximum Gasteiger partial charge on any atom is 0.418 e. The van der Waals surface area contributed by atoms with E-state index in [1.165, 1.54) is 11.8 Å². The summed E-state index contributed by atoms with van der Waals surface area (Å²) in [7, 11) is -4.45. The molecule has 0 atom stereocenters. The van der Waals surface area contributed by atoms with Crippen LogP contribution in [0.1, 0.15) is 0 Å². The summed E-state index contributed by atoms with van der Waals surface area (Å²) in [6.45, 7) is 0.